The Balaban J connectivity index is 2.07. The summed E-state index contributed by atoms with van der Waals surface area (Å²) < 4.78 is 20.2. The molecule has 0 amide bonds. The van der Waals surface area contributed by atoms with Crippen LogP contribution in [-0.2, 0) is 0 Å². The molecule has 1 atom stereocenters. The Labute approximate surface area is 115 Å². The van der Waals surface area contributed by atoms with Crippen LogP contribution in [0.15, 0.2) is 45.5 Å². The fourth-order valence-corrected chi connectivity index (χ4v) is 3.37. The van der Waals surface area contributed by atoms with Gasteiger partial charge in [-0.3, -0.25) is 0 Å². The van der Waals surface area contributed by atoms with E-state index in [1.54, 1.807) is 12.3 Å². The molecule has 0 aliphatic rings. The van der Waals surface area contributed by atoms with Gasteiger partial charge in [-0.25, -0.2) is 4.39 Å². The van der Waals surface area contributed by atoms with E-state index in [2.05, 4.69) is 15.9 Å². The summed E-state index contributed by atoms with van der Waals surface area (Å²) in [5, 5.41) is 0.995. The molecule has 3 aromatic rings. The summed E-state index contributed by atoms with van der Waals surface area (Å²) in [6.07, 6.45) is 1.59. The van der Waals surface area contributed by atoms with Gasteiger partial charge in [0.1, 0.15) is 11.6 Å². The highest BCUT2D eigenvalue weighted by molar-refractivity contribution is 9.10. The molecule has 2 heterocycles. The van der Waals surface area contributed by atoms with Crippen molar-refractivity contribution in [1.82, 2.24) is 0 Å². The Hall–Kier alpha value is -1.17. The lowest BCUT2D eigenvalue weighted by Gasteiger charge is -2.06. The first-order valence-corrected chi connectivity index (χ1v) is 6.93. The van der Waals surface area contributed by atoms with Crippen molar-refractivity contribution in [3.63, 3.8) is 0 Å². The van der Waals surface area contributed by atoms with Gasteiger partial charge in [0, 0.05) is 9.58 Å². The zero-order valence-corrected chi connectivity index (χ0v) is 11.6. The summed E-state index contributed by atoms with van der Waals surface area (Å²) in [6.45, 7) is 0. The normalized spacial score (nSPS) is 13.1. The third kappa shape index (κ3) is 1.98. The number of halogens is 2. The Bertz CT molecular complexity index is 706. The first-order valence-electron chi connectivity index (χ1n) is 5.32. The summed E-state index contributed by atoms with van der Waals surface area (Å²) in [7, 11) is 0. The number of nitrogens with two attached hydrogens (primary N) is 1. The standard InChI is InChI=1S/C13H9BrFNOS/c14-9-3-4-17-13(9)12(16)11-5-7-1-2-8(15)6-10(7)18-11/h1-6,12H,16H2. The van der Waals surface area contributed by atoms with Crippen LogP contribution in [0.2, 0.25) is 0 Å². The van der Waals surface area contributed by atoms with Crippen molar-refractivity contribution in [2.24, 2.45) is 5.73 Å². The first-order chi connectivity index (χ1) is 8.65. The highest BCUT2D eigenvalue weighted by atomic mass is 79.9. The average Bonchev–Trinajstić information content (AvgIpc) is 2.93. The molecule has 0 aliphatic carbocycles. The molecule has 2 aromatic heterocycles. The third-order valence-electron chi connectivity index (χ3n) is 2.73. The van der Waals surface area contributed by atoms with Gasteiger partial charge in [-0.2, -0.15) is 0 Å². The van der Waals surface area contributed by atoms with Gasteiger partial charge in [-0.05, 0) is 45.6 Å². The summed E-state index contributed by atoms with van der Waals surface area (Å²) in [4.78, 5) is 0.950. The van der Waals surface area contributed by atoms with E-state index >= 15 is 0 Å². The average molecular weight is 326 g/mol. The van der Waals surface area contributed by atoms with Crippen LogP contribution in [0.25, 0.3) is 10.1 Å². The molecular formula is C13H9BrFNOS. The van der Waals surface area contributed by atoms with Gasteiger partial charge in [0.2, 0.25) is 0 Å². The number of rotatable bonds is 2. The number of thiophene rings is 1. The monoisotopic (exact) mass is 325 g/mol. The van der Waals surface area contributed by atoms with Crippen LogP contribution in [-0.4, -0.2) is 0 Å². The maximum absolute atomic E-state index is 13.1. The Morgan fingerprint density at radius 1 is 1.28 bits per heavy atom. The predicted molar refractivity (Wildman–Crippen MR) is 74.2 cm³/mol. The molecule has 0 spiro atoms. The molecule has 3 rings (SSSR count). The molecule has 1 unspecified atom stereocenters. The Morgan fingerprint density at radius 3 is 2.83 bits per heavy atom. The van der Waals surface area contributed by atoms with Crippen molar-refractivity contribution in [1.29, 1.82) is 0 Å². The predicted octanol–water partition coefficient (Wildman–Crippen LogP) is 4.44. The molecule has 0 bridgehead atoms. The molecule has 1 aromatic carbocycles. The molecule has 2 N–H and O–H groups in total. The molecule has 0 fully saturated rings. The molecule has 18 heavy (non-hydrogen) atoms. The quantitative estimate of drug-likeness (QED) is 0.756. The summed E-state index contributed by atoms with van der Waals surface area (Å²) in [6, 6.07) is 8.17. The number of benzene rings is 1. The highest BCUT2D eigenvalue weighted by Gasteiger charge is 2.18. The second-order valence-electron chi connectivity index (χ2n) is 3.94. The lowest BCUT2D eigenvalue weighted by Crippen LogP contribution is -2.09. The molecule has 0 saturated carbocycles. The van der Waals surface area contributed by atoms with E-state index in [4.69, 9.17) is 10.2 Å². The Kier molecular flexibility index (Phi) is 2.97. The maximum atomic E-state index is 13.1. The van der Waals surface area contributed by atoms with Crippen molar-refractivity contribution >= 4 is 37.4 Å². The van der Waals surface area contributed by atoms with E-state index < -0.39 is 0 Å². The zero-order chi connectivity index (χ0) is 12.7. The molecule has 5 heteroatoms. The van der Waals surface area contributed by atoms with E-state index in [0.717, 1.165) is 19.4 Å². The van der Waals surface area contributed by atoms with Crippen LogP contribution in [0.5, 0.6) is 0 Å². The van der Waals surface area contributed by atoms with Gasteiger partial charge in [-0.1, -0.05) is 6.07 Å². The van der Waals surface area contributed by atoms with Crippen molar-refractivity contribution in [3.8, 4) is 0 Å². The van der Waals surface area contributed by atoms with E-state index in [9.17, 15) is 4.39 Å². The summed E-state index contributed by atoms with van der Waals surface area (Å²) in [5.74, 6) is 0.450. The SMILES string of the molecule is NC(c1cc2ccc(F)cc2s1)c1occc1Br. The minimum atomic E-state index is -0.338. The first kappa shape index (κ1) is 11.9. The molecule has 0 aliphatic heterocycles. The third-order valence-corrected chi connectivity index (χ3v) is 4.57. The second-order valence-corrected chi connectivity index (χ2v) is 5.91. The van der Waals surface area contributed by atoms with Crippen LogP contribution < -0.4 is 5.73 Å². The van der Waals surface area contributed by atoms with Crippen molar-refractivity contribution < 1.29 is 8.81 Å². The van der Waals surface area contributed by atoms with Gasteiger partial charge in [0.05, 0.1) is 16.8 Å². The minimum Gasteiger partial charge on any atom is -0.466 e. The fraction of sp³-hybridized carbons (Fsp3) is 0.0769. The van der Waals surface area contributed by atoms with E-state index in [1.165, 1.54) is 23.5 Å². The number of hydrogen-bond acceptors (Lipinski definition) is 3. The fourth-order valence-electron chi connectivity index (χ4n) is 1.84. The second kappa shape index (κ2) is 4.50. The minimum absolute atomic E-state index is 0.233. The number of hydrogen-bond donors (Lipinski definition) is 1. The number of furan rings is 1. The molecule has 0 radical (unpaired) electrons. The lowest BCUT2D eigenvalue weighted by atomic mass is 10.2. The van der Waals surface area contributed by atoms with Crippen molar-refractivity contribution in [2.75, 3.05) is 0 Å². The van der Waals surface area contributed by atoms with Gasteiger partial charge in [0.25, 0.3) is 0 Å². The largest absolute Gasteiger partial charge is 0.466 e. The Morgan fingerprint density at radius 2 is 2.11 bits per heavy atom. The summed E-state index contributed by atoms with van der Waals surface area (Å²) in [5.41, 5.74) is 6.16. The van der Waals surface area contributed by atoms with Gasteiger partial charge in [-0.15, -0.1) is 11.3 Å². The van der Waals surface area contributed by atoms with Crippen LogP contribution in [0.1, 0.15) is 16.7 Å². The zero-order valence-electron chi connectivity index (χ0n) is 9.19. The summed E-state index contributed by atoms with van der Waals surface area (Å²) >= 11 is 4.87. The van der Waals surface area contributed by atoms with Crippen molar-refractivity contribution in [3.05, 3.63) is 57.5 Å². The smallest absolute Gasteiger partial charge is 0.139 e. The van der Waals surface area contributed by atoms with E-state index in [1.807, 2.05) is 12.1 Å². The molecular weight excluding hydrogens is 317 g/mol. The van der Waals surface area contributed by atoms with Crippen LogP contribution >= 0.6 is 27.3 Å². The maximum Gasteiger partial charge on any atom is 0.139 e. The van der Waals surface area contributed by atoms with E-state index in [-0.39, 0.29) is 11.9 Å². The molecule has 92 valence electrons. The van der Waals surface area contributed by atoms with E-state index in [0.29, 0.717) is 5.76 Å². The number of fused-ring (bicyclic) bond motifs is 1. The van der Waals surface area contributed by atoms with Gasteiger partial charge >= 0.3 is 0 Å². The van der Waals surface area contributed by atoms with Gasteiger partial charge < -0.3 is 10.2 Å². The lowest BCUT2D eigenvalue weighted by molar-refractivity contribution is 0.489. The van der Waals surface area contributed by atoms with Gasteiger partial charge in [0.15, 0.2) is 0 Å². The molecule has 0 saturated heterocycles. The highest BCUT2D eigenvalue weighted by Crippen LogP contribution is 2.35. The van der Waals surface area contributed by atoms with Crippen LogP contribution in [0, 0.1) is 5.82 Å². The molecule has 2 nitrogen and oxygen atoms in total. The van der Waals surface area contributed by atoms with Crippen molar-refractivity contribution in [2.45, 2.75) is 6.04 Å². The van der Waals surface area contributed by atoms with Crippen LogP contribution in [0.3, 0.4) is 0 Å². The van der Waals surface area contributed by atoms with Crippen LogP contribution in [0.4, 0.5) is 4.39 Å². The topological polar surface area (TPSA) is 39.2 Å².